The molecule has 1 saturated heterocycles. The first-order valence-corrected chi connectivity index (χ1v) is 10.7. The topological polar surface area (TPSA) is 99.8 Å². The number of hydrogen-bond donors (Lipinski definition) is 3. The molecule has 2 fully saturated rings. The van der Waals surface area contributed by atoms with Gasteiger partial charge in [0.15, 0.2) is 5.96 Å². The molecule has 0 radical (unpaired) electrons. The number of carbonyl (C=O) groups is 2. The van der Waals surface area contributed by atoms with Gasteiger partial charge in [-0.3, -0.25) is 14.6 Å². The standard InChI is InChI=1S/C20H37N5O2.HI/c1-2-22-20(25-12-6-9-17(15-25)13-18(21)26)24-11-10-23-19(27)14-16-7-4-3-5-8-16;/h16-17H,2-15H2,1H3,(H2,21,26)(H,22,24)(H,23,27);1H. The Morgan fingerprint density at radius 1 is 1.04 bits per heavy atom. The molecule has 2 aliphatic rings. The van der Waals surface area contributed by atoms with Gasteiger partial charge in [0.05, 0.1) is 6.54 Å². The maximum Gasteiger partial charge on any atom is 0.220 e. The maximum atomic E-state index is 12.1. The second kappa shape index (κ2) is 14.0. The van der Waals surface area contributed by atoms with Gasteiger partial charge in [0, 0.05) is 39.0 Å². The van der Waals surface area contributed by atoms with E-state index >= 15 is 0 Å². The number of nitrogens with one attached hydrogen (secondary N) is 2. The fraction of sp³-hybridized carbons (Fsp3) is 0.850. The minimum Gasteiger partial charge on any atom is -0.370 e. The van der Waals surface area contributed by atoms with Crippen LogP contribution in [0.25, 0.3) is 0 Å². The highest BCUT2D eigenvalue weighted by atomic mass is 127. The zero-order chi connectivity index (χ0) is 19.5. The number of halogens is 1. The van der Waals surface area contributed by atoms with Gasteiger partial charge in [0.2, 0.25) is 11.8 Å². The molecular formula is C20H38IN5O2. The number of nitrogens with two attached hydrogens (primary N) is 1. The number of rotatable bonds is 8. The van der Waals surface area contributed by atoms with Gasteiger partial charge in [-0.25, -0.2) is 0 Å². The van der Waals surface area contributed by atoms with Gasteiger partial charge in [0.1, 0.15) is 0 Å². The molecule has 1 aliphatic carbocycles. The first-order valence-electron chi connectivity index (χ1n) is 10.7. The summed E-state index contributed by atoms with van der Waals surface area (Å²) in [4.78, 5) is 30.2. The Bertz CT molecular complexity index is 509. The van der Waals surface area contributed by atoms with Crippen molar-refractivity contribution in [2.45, 2.75) is 64.7 Å². The smallest absolute Gasteiger partial charge is 0.220 e. The molecule has 0 aromatic rings. The molecule has 8 heteroatoms. The summed E-state index contributed by atoms with van der Waals surface area (Å²) < 4.78 is 0. The summed E-state index contributed by atoms with van der Waals surface area (Å²) in [5.41, 5.74) is 5.35. The van der Waals surface area contributed by atoms with E-state index in [4.69, 9.17) is 5.73 Å². The van der Waals surface area contributed by atoms with E-state index in [2.05, 4.69) is 20.5 Å². The third kappa shape index (κ3) is 9.43. The Labute approximate surface area is 186 Å². The van der Waals surface area contributed by atoms with Gasteiger partial charge in [-0.05, 0) is 44.4 Å². The molecule has 1 unspecified atom stereocenters. The van der Waals surface area contributed by atoms with Crippen molar-refractivity contribution in [1.82, 2.24) is 15.5 Å². The number of primary amides is 1. The molecular weight excluding hydrogens is 469 g/mol. The zero-order valence-electron chi connectivity index (χ0n) is 17.3. The highest BCUT2D eigenvalue weighted by Crippen LogP contribution is 2.26. The van der Waals surface area contributed by atoms with Crippen LogP contribution >= 0.6 is 24.0 Å². The molecule has 28 heavy (non-hydrogen) atoms. The van der Waals surface area contributed by atoms with Gasteiger partial charge in [-0.15, -0.1) is 24.0 Å². The van der Waals surface area contributed by atoms with E-state index in [1.807, 2.05) is 6.92 Å². The number of carbonyl (C=O) groups excluding carboxylic acids is 2. The highest BCUT2D eigenvalue weighted by molar-refractivity contribution is 14.0. The number of amides is 2. The van der Waals surface area contributed by atoms with Crippen molar-refractivity contribution in [3.63, 3.8) is 0 Å². The second-order valence-electron chi connectivity index (χ2n) is 7.92. The average molecular weight is 507 g/mol. The van der Waals surface area contributed by atoms with E-state index in [1.54, 1.807) is 0 Å². The van der Waals surface area contributed by atoms with Crippen molar-refractivity contribution < 1.29 is 9.59 Å². The third-order valence-electron chi connectivity index (χ3n) is 5.54. The van der Waals surface area contributed by atoms with E-state index in [0.717, 1.165) is 38.4 Å². The Hall–Kier alpha value is -1.06. The Balaban J connectivity index is 0.00000392. The lowest BCUT2D eigenvalue weighted by Crippen LogP contribution is -2.47. The second-order valence-corrected chi connectivity index (χ2v) is 7.92. The van der Waals surface area contributed by atoms with E-state index < -0.39 is 0 Å². The molecule has 0 aromatic carbocycles. The number of piperidine rings is 1. The van der Waals surface area contributed by atoms with Crippen LogP contribution in [0, 0.1) is 11.8 Å². The first-order chi connectivity index (χ1) is 13.1. The van der Waals surface area contributed by atoms with Crippen molar-refractivity contribution in [3.8, 4) is 0 Å². The highest BCUT2D eigenvalue weighted by Gasteiger charge is 2.23. The van der Waals surface area contributed by atoms with E-state index in [1.165, 1.54) is 32.1 Å². The molecule has 7 nitrogen and oxygen atoms in total. The molecule has 162 valence electrons. The molecule has 2 rings (SSSR count). The third-order valence-corrected chi connectivity index (χ3v) is 5.54. The molecule has 2 amide bonds. The van der Waals surface area contributed by atoms with Crippen molar-refractivity contribution in [3.05, 3.63) is 0 Å². The SMILES string of the molecule is CCNC(=NCCNC(=O)CC1CCCCC1)N1CCCC(CC(N)=O)C1.I. The van der Waals surface area contributed by atoms with E-state index in [9.17, 15) is 9.59 Å². The van der Waals surface area contributed by atoms with Crippen LogP contribution in [0.1, 0.15) is 64.7 Å². The summed E-state index contributed by atoms with van der Waals surface area (Å²) in [5, 5.41) is 6.34. The lowest BCUT2D eigenvalue weighted by molar-refractivity contribution is -0.122. The average Bonchev–Trinajstić information content (AvgIpc) is 2.65. The number of guanidine groups is 1. The number of nitrogens with zero attached hydrogens (tertiary/aromatic N) is 2. The quantitative estimate of drug-likeness (QED) is 0.203. The Morgan fingerprint density at radius 2 is 1.75 bits per heavy atom. The number of aliphatic imine (C=N–C) groups is 1. The van der Waals surface area contributed by atoms with Crippen molar-refractivity contribution in [2.75, 3.05) is 32.7 Å². The summed E-state index contributed by atoms with van der Waals surface area (Å²) in [6.45, 7) is 5.73. The van der Waals surface area contributed by atoms with Crippen LogP contribution in [0.3, 0.4) is 0 Å². The number of likely N-dealkylation sites (tertiary alicyclic amines) is 1. The summed E-state index contributed by atoms with van der Waals surface area (Å²) in [7, 11) is 0. The van der Waals surface area contributed by atoms with Crippen LogP contribution in [0.2, 0.25) is 0 Å². The summed E-state index contributed by atoms with van der Waals surface area (Å²) in [5.74, 6) is 1.66. The Kier molecular flexibility index (Phi) is 12.5. The van der Waals surface area contributed by atoms with Gasteiger partial charge >= 0.3 is 0 Å². The molecule has 0 bridgehead atoms. The summed E-state index contributed by atoms with van der Waals surface area (Å²) in [6.07, 6.45) is 9.40. The van der Waals surface area contributed by atoms with Gasteiger partial charge in [-0.2, -0.15) is 0 Å². The fourth-order valence-electron chi connectivity index (χ4n) is 4.22. The van der Waals surface area contributed by atoms with Crippen LogP contribution in [0.4, 0.5) is 0 Å². The lowest BCUT2D eigenvalue weighted by Gasteiger charge is -2.34. The van der Waals surface area contributed by atoms with Crippen LogP contribution < -0.4 is 16.4 Å². The van der Waals surface area contributed by atoms with E-state index in [0.29, 0.717) is 37.8 Å². The predicted molar refractivity (Wildman–Crippen MR) is 124 cm³/mol. The molecule has 1 saturated carbocycles. The van der Waals surface area contributed by atoms with E-state index in [-0.39, 0.29) is 35.8 Å². The normalized spacial score (nSPS) is 21.0. The largest absolute Gasteiger partial charge is 0.370 e. The van der Waals surface area contributed by atoms with Crippen molar-refractivity contribution in [2.24, 2.45) is 22.6 Å². The monoisotopic (exact) mass is 507 g/mol. The van der Waals surface area contributed by atoms with Crippen LogP contribution in [-0.2, 0) is 9.59 Å². The fourth-order valence-corrected chi connectivity index (χ4v) is 4.22. The van der Waals surface area contributed by atoms with Crippen molar-refractivity contribution in [1.29, 1.82) is 0 Å². The van der Waals surface area contributed by atoms with Crippen LogP contribution in [-0.4, -0.2) is 55.4 Å². The lowest BCUT2D eigenvalue weighted by atomic mass is 9.87. The summed E-state index contributed by atoms with van der Waals surface area (Å²) in [6, 6.07) is 0. The van der Waals surface area contributed by atoms with Crippen LogP contribution in [0.5, 0.6) is 0 Å². The Morgan fingerprint density at radius 3 is 2.43 bits per heavy atom. The molecule has 1 aliphatic heterocycles. The molecule has 4 N–H and O–H groups in total. The van der Waals surface area contributed by atoms with Crippen LogP contribution in [0.15, 0.2) is 4.99 Å². The minimum absolute atomic E-state index is 0. The minimum atomic E-state index is -0.232. The van der Waals surface area contributed by atoms with Gasteiger partial charge in [-0.1, -0.05) is 19.3 Å². The molecule has 0 aromatic heterocycles. The zero-order valence-corrected chi connectivity index (χ0v) is 19.6. The number of hydrogen-bond acceptors (Lipinski definition) is 3. The molecule has 1 atom stereocenters. The summed E-state index contributed by atoms with van der Waals surface area (Å²) >= 11 is 0. The molecule has 1 heterocycles. The van der Waals surface area contributed by atoms with Gasteiger partial charge in [0.25, 0.3) is 0 Å². The maximum absolute atomic E-state index is 12.1. The van der Waals surface area contributed by atoms with Crippen molar-refractivity contribution >= 4 is 41.8 Å². The predicted octanol–water partition coefficient (Wildman–Crippen LogP) is 2.24. The molecule has 0 spiro atoms. The first kappa shape index (κ1) is 25.0. The van der Waals surface area contributed by atoms with Gasteiger partial charge < -0.3 is 21.3 Å².